The largest absolute Gasteiger partial charge is 0.341 e. The molecule has 1 aromatic rings. The molecule has 0 bridgehead atoms. The molecule has 2 aliphatic heterocycles. The lowest BCUT2D eigenvalue weighted by molar-refractivity contribution is -0.131. The number of rotatable bonds is 3. The highest BCUT2D eigenvalue weighted by Gasteiger charge is 2.48. The van der Waals surface area contributed by atoms with Crippen molar-refractivity contribution in [3.05, 3.63) is 29.8 Å². The van der Waals surface area contributed by atoms with Crippen molar-refractivity contribution >= 4 is 17.5 Å². The van der Waals surface area contributed by atoms with Crippen LogP contribution in [0.3, 0.4) is 0 Å². The van der Waals surface area contributed by atoms with Gasteiger partial charge in [-0.25, -0.2) is 8.78 Å². The SMILES string of the molecule is CN(C)CC(=O)N1CC[C@@]2(CC(=O)N(c3ccc(F)c(F)c3)C2)C1. The number of anilines is 1. The maximum Gasteiger partial charge on any atom is 0.236 e. The first-order valence-corrected chi connectivity index (χ1v) is 7.98. The fraction of sp³-hybridized carbons (Fsp3) is 0.529. The number of benzene rings is 1. The molecule has 2 saturated heterocycles. The molecule has 0 N–H and O–H groups in total. The predicted molar refractivity (Wildman–Crippen MR) is 85.5 cm³/mol. The number of amides is 2. The van der Waals surface area contributed by atoms with Gasteiger partial charge in [0.05, 0.1) is 6.54 Å². The molecule has 1 spiro atoms. The molecule has 2 heterocycles. The number of carbonyl (C=O) groups is 2. The highest BCUT2D eigenvalue weighted by atomic mass is 19.2. The molecule has 5 nitrogen and oxygen atoms in total. The third-order valence-corrected chi connectivity index (χ3v) is 4.78. The average molecular weight is 337 g/mol. The van der Waals surface area contributed by atoms with Gasteiger partial charge < -0.3 is 14.7 Å². The van der Waals surface area contributed by atoms with E-state index >= 15 is 0 Å². The van der Waals surface area contributed by atoms with E-state index in [2.05, 4.69) is 0 Å². The van der Waals surface area contributed by atoms with Gasteiger partial charge in [-0.15, -0.1) is 0 Å². The van der Waals surface area contributed by atoms with Gasteiger partial charge in [-0.1, -0.05) is 0 Å². The summed E-state index contributed by atoms with van der Waals surface area (Å²) in [6.45, 7) is 1.94. The van der Waals surface area contributed by atoms with Crippen LogP contribution in [0.2, 0.25) is 0 Å². The minimum atomic E-state index is -0.963. The summed E-state index contributed by atoms with van der Waals surface area (Å²) in [6.07, 6.45) is 1.08. The first-order chi connectivity index (χ1) is 11.3. The van der Waals surface area contributed by atoms with Gasteiger partial charge in [0.1, 0.15) is 0 Å². The first-order valence-electron chi connectivity index (χ1n) is 7.98. The molecular weight excluding hydrogens is 316 g/mol. The summed E-state index contributed by atoms with van der Waals surface area (Å²) in [5.74, 6) is -1.95. The Labute approximate surface area is 139 Å². The van der Waals surface area contributed by atoms with E-state index in [0.717, 1.165) is 18.6 Å². The number of likely N-dealkylation sites (tertiary alicyclic amines) is 1. The topological polar surface area (TPSA) is 43.9 Å². The lowest BCUT2D eigenvalue weighted by Crippen LogP contribution is -2.38. The summed E-state index contributed by atoms with van der Waals surface area (Å²) >= 11 is 0. The van der Waals surface area contributed by atoms with Crippen LogP contribution in [0.5, 0.6) is 0 Å². The summed E-state index contributed by atoms with van der Waals surface area (Å²) in [4.78, 5) is 29.7. The van der Waals surface area contributed by atoms with Crippen LogP contribution >= 0.6 is 0 Å². The summed E-state index contributed by atoms with van der Waals surface area (Å²) in [5, 5.41) is 0. The van der Waals surface area contributed by atoms with Gasteiger partial charge in [-0.05, 0) is 32.6 Å². The zero-order chi connectivity index (χ0) is 17.5. The smallest absolute Gasteiger partial charge is 0.236 e. The van der Waals surface area contributed by atoms with E-state index in [-0.39, 0.29) is 17.2 Å². The molecule has 2 fully saturated rings. The monoisotopic (exact) mass is 337 g/mol. The maximum atomic E-state index is 13.4. The number of halogens is 2. The summed E-state index contributed by atoms with van der Waals surface area (Å²) in [7, 11) is 3.68. The lowest BCUT2D eigenvalue weighted by Gasteiger charge is -2.25. The van der Waals surface area contributed by atoms with Crippen LogP contribution in [-0.4, -0.2) is 61.9 Å². The Morgan fingerprint density at radius 2 is 2.00 bits per heavy atom. The standard InChI is InChI=1S/C17H21F2N3O2/c1-20(2)9-16(24)21-6-5-17(10-21)8-15(23)22(11-17)12-3-4-13(18)14(19)7-12/h3-4,7H,5-6,8-11H2,1-2H3/t17-/m1/s1. The van der Waals surface area contributed by atoms with E-state index < -0.39 is 11.6 Å². The van der Waals surface area contributed by atoms with Crippen molar-refractivity contribution in [3.63, 3.8) is 0 Å². The molecule has 2 amide bonds. The van der Waals surface area contributed by atoms with Crippen molar-refractivity contribution in [2.45, 2.75) is 12.8 Å². The first kappa shape index (κ1) is 16.8. The van der Waals surface area contributed by atoms with Crippen LogP contribution < -0.4 is 4.90 Å². The van der Waals surface area contributed by atoms with E-state index in [0.29, 0.717) is 38.3 Å². The Kier molecular flexibility index (Phi) is 4.29. The zero-order valence-corrected chi connectivity index (χ0v) is 13.9. The Balaban J connectivity index is 1.73. The maximum absolute atomic E-state index is 13.4. The summed E-state index contributed by atoms with van der Waals surface area (Å²) < 4.78 is 26.5. The molecule has 0 radical (unpaired) electrons. The molecule has 0 saturated carbocycles. The van der Waals surface area contributed by atoms with Crippen molar-refractivity contribution in [2.75, 3.05) is 45.2 Å². The Bertz CT molecular complexity index is 680. The van der Waals surface area contributed by atoms with Gasteiger partial charge in [-0.2, -0.15) is 0 Å². The average Bonchev–Trinajstić information content (AvgIpc) is 3.05. The van der Waals surface area contributed by atoms with Crippen molar-refractivity contribution in [3.8, 4) is 0 Å². The van der Waals surface area contributed by atoms with Gasteiger partial charge in [0, 0.05) is 43.2 Å². The van der Waals surface area contributed by atoms with Crippen molar-refractivity contribution in [2.24, 2.45) is 5.41 Å². The molecule has 1 aromatic carbocycles. The van der Waals surface area contributed by atoms with Crippen LogP contribution in [0, 0.1) is 17.0 Å². The van der Waals surface area contributed by atoms with Crippen molar-refractivity contribution in [1.82, 2.24) is 9.80 Å². The van der Waals surface area contributed by atoms with Crippen LogP contribution in [0.25, 0.3) is 0 Å². The summed E-state index contributed by atoms with van der Waals surface area (Å²) in [6, 6.07) is 3.50. The van der Waals surface area contributed by atoms with E-state index in [4.69, 9.17) is 0 Å². The van der Waals surface area contributed by atoms with E-state index in [1.54, 1.807) is 4.90 Å². The van der Waals surface area contributed by atoms with Crippen LogP contribution in [-0.2, 0) is 9.59 Å². The molecule has 7 heteroatoms. The Morgan fingerprint density at radius 1 is 1.25 bits per heavy atom. The summed E-state index contributed by atoms with van der Waals surface area (Å²) in [5.41, 5.74) is 0.0815. The van der Waals surface area contributed by atoms with Crippen molar-refractivity contribution in [1.29, 1.82) is 0 Å². The molecule has 1 atom stereocenters. The zero-order valence-electron chi connectivity index (χ0n) is 13.9. The van der Waals surface area contributed by atoms with Gasteiger partial charge in [-0.3, -0.25) is 9.59 Å². The Morgan fingerprint density at radius 3 is 2.67 bits per heavy atom. The van der Waals surface area contributed by atoms with Crippen molar-refractivity contribution < 1.29 is 18.4 Å². The molecule has 24 heavy (non-hydrogen) atoms. The van der Waals surface area contributed by atoms with Crippen LogP contribution in [0.15, 0.2) is 18.2 Å². The minimum Gasteiger partial charge on any atom is -0.341 e. The van der Waals surface area contributed by atoms with Crippen LogP contribution in [0.1, 0.15) is 12.8 Å². The fourth-order valence-corrected chi connectivity index (χ4v) is 3.58. The van der Waals surface area contributed by atoms with Gasteiger partial charge in [0.2, 0.25) is 11.8 Å². The second-order valence-corrected chi connectivity index (χ2v) is 7.06. The molecule has 0 aromatic heterocycles. The van der Waals surface area contributed by atoms with Gasteiger partial charge in [0.15, 0.2) is 11.6 Å². The molecule has 0 aliphatic carbocycles. The fourth-order valence-electron chi connectivity index (χ4n) is 3.58. The molecule has 0 unspecified atom stereocenters. The quantitative estimate of drug-likeness (QED) is 0.839. The van der Waals surface area contributed by atoms with E-state index in [1.165, 1.54) is 11.0 Å². The number of hydrogen-bond donors (Lipinski definition) is 0. The normalized spacial score (nSPS) is 23.8. The molecular formula is C17H21F2N3O2. The van der Waals surface area contributed by atoms with Crippen LogP contribution in [0.4, 0.5) is 14.5 Å². The molecule has 3 rings (SSSR count). The number of hydrogen-bond acceptors (Lipinski definition) is 3. The third-order valence-electron chi connectivity index (χ3n) is 4.78. The third kappa shape index (κ3) is 3.13. The second-order valence-electron chi connectivity index (χ2n) is 7.06. The molecule has 2 aliphatic rings. The highest BCUT2D eigenvalue weighted by molar-refractivity contribution is 5.96. The van der Waals surface area contributed by atoms with E-state index in [1.807, 2.05) is 19.0 Å². The molecule has 130 valence electrons. The lowest BCUT2D eigenvalue weighted by atomic mass is 9.86. The number of carbonyl (C=O) groups excluding carboxylic acids is 2. The second kappa shape index (κ2) is 6.12. The number of nitrogens with zero attached hydrogens (tertiary/aromatic N) is 3. The van der Waals surface area contributed by atoms with Gasteiger partial charge in [0.25, 0.3) is 0 Å². The predicted octanol–water partition coefficient (Wildman–Crippen LogP) is 1.48. The highest BCUT2D eigenvalue weighted by Crippen LogP contribution is 2.42. The van der Waals surface area contributed by atoms with Gasteiger partial charge >= 0.3 is 0 Å². The minimum absolute atomic E-state index is 0.0515. The Hall–Kier alpha value is -2.02. The number of likely N-dealkylation sites (N-methyl/N-ethyl adjacent to an activating group) is 1. The van der Waals surface area contributed by atoms with E-state index in [9.17, 15) is 18.4 Å².